The molecule has 0 heterocycles. The van der Waals surface area contributed by atoms with Gasteiger partial charge in [-0.1, -0.05) is 32.6 Å². The van der Waals surface area contributed by atoms with Gasteiger partial charge in [0.2, 0.25) is 0 Å². The zero-order chi connectivity index (χ0) is 18.7. The van der Waals surface area contributed by atoms with E-state index in [0.717, 1.165) is 18.8 Å². The zero-order valence-electron chi connectivity index (χ0n) is 14.6. The smallest absolute Gasteiger partial charge is 0.394 e. The van der Waals surface area contributed by atoms with Gasteiger partial charge in [-0.05, 0) is 56.3 Å². The molecular weight excluding hydrogens is 343 g/mol. The van der Waals surface area contributed by atoms with Gasteiger partial charge in [0.1, 0.15) is 0 Å². The number of ether oxygens (including phenoxy) is 1. The van der Waals surface area contributed by atoms with E-state index in [1.807, 2.05) is 0 Å². The Labute approximate surface area is 145 Å². The molecule has 0 bridgehead atoms. The van der Waals surface area contributed by atoms with Crippen molar-refractivity contribution in [2.45, 2.75) is 83.4 Å². The Hall–Kier alpha value is -0.880. The molecule has 0 aliphatic heterocycles. The molecule has 146 valence electrons. The van der Waals surface area contributed by atoms with E-state index in [9.17, 15) is 26.7 Å². The summed E-state index contributed by atoms with van der Waals surface area (Å²) in [6, 6.07) is 0. The minimum atomic E-state index is -5.86. The quantitative estimate of drug-likeness (QED) is 0.432. The van der Waals surface area contributed by atoms with Crippen molar-refractivity contribution in [3.05, 3.63) is 0 Å². The molecule has 0 aromatic rings. The second kappa shape index (κ2) is 8.21. The molecule has 0 radical (unpaired) electrons. The van der Waals surface area contributed by atoms with Crippen LogP contribution in [0, 0.1) is 23.7 Å². The van der Waals surface area contributed by atoms with Crippen molar-refractivity contribution in [3.63, 3.8) is 0 Å². The summed E-state index contributed by atoms with van der Waals surface area (Å²) in [7, 11) is 0. The van der Waals surface area contributed by atoms with E-state index in [0.29, 0.717) is 37.5 Å². The van der Waals surface area contributed by atoms with Crippen LogP contribution in [-0.2, 0) is 9.53 Å². The molecule has 0 unspecified atom stereocenters. The highest BCUT2D eigenvalue weighted by atomic mass is 19.4. The maximum atomic E-state index is 12.8. The molecule has 0 amide bonds. The maximum absolute atomic E-state index is 12.8. The van der Waals surface area contributed by atoms with Crippen molar-refractivity contribution < 1.29 is 31.5 Å². The van der Waals surface area contributed by atoms with Crippen molar-refractivity contribution in [2.75, 3.05) is 0 Å². The molecule has 0 atom stereocenters. The second-order valence-electron chi connectivity index (χ2n) is 7.62. The molecule has 2 rings (SSSR count). The summed E-state index contributed by atoms with van der Waals surface area (Å²) in [4.78, 5) is 11.7. The topological polar surface area (TPSA) is 26.3 Å². The fourth-order valence-corrected chi connectivity index (χ4v) is 4.45. The van der Waals surface area contributed by atoms with Crippen LogP contribution in [0.1, 0.15) is 71.1 Å². The molecule has 2 fully saturated rings. The molecule has 25 heavy (non-hydrogen) atoms. The number of rotatable bonds is 5. The number of hydrogen-bond acceptors (Lipinski definition) is 2. The van der Waals surface area contributed by atoms with Crippen molar-refractivity contribution in [3.8, 4) is 0 Å². The summed E-state index contributed by atoms with van der Waals surface area (Å²) in [6.45, 7) is 2.19. The molecule has 2 nitrogen and oxygen atoms in total. The average molecular weight is 370 g/mol. The van der Waals surface area contributed by atoms with Crippen LogP contribution in [0.3, 0.4) is 0 Å². The van der Waals surface area contributed by atoms with E-state index in [1.54, 1.807) is 0 Å². The minimum absolute atomic E-state index is 0.340. The maximum Gasteiger partial charge on any atom is 0.501 e. The Morgan fingerprint density at radius 3 is 1.80 bits per heavy atom. The van der Waals surface area contributed by atoms with E-state index in [4.69, 9.17) is 0 Å². The summed E-state index contributed by atoms with van der Waals surface area (Å²) < 4.78 is 65.5. The average Bonchev–Trinajstić information content (AvgIpc) is 2.54. The van der Waals surface area contributed by atoms with Crippen molar-refractivity contribution >= 4 is 5.97 Å². The molecule has 0 saturated heterocycles. The Bertz CT molecular complexity index is 433. The molecular formula is C18H27F5O2. The normalized spacial score (nSPS) is 31.6. The molecule has 7 heteroatoms. The second-order valence-corrected chi connectivity index (χ2v) is 7.62. The molecule has 0 aromatic carbocycles. The van der Waals surface area contributed by atoms with Crippen LogP contribution < -0.4 is 0 Å². The largest absolute Gasteiger partial charge is 0.501 e. The van der Waals surface area contributed by atoms with Gasteiger partial charge in [-0.15, -0.1) is 0 Å². The van der Waals surface area contributed by atoms with Crippen molar-refractivity contribution in [2.24, 2.45) is 23.7 Å². The van der Waals surface area contributed by atoms with E-state index in [1.165, 1.54) is 25.7 Å². The van der Waals surface area contributed by atoms with Gasteiger partial charge in [0.05, 0.1) is 5.92 Å². The summed E-state index contributed by atoms with van der Waals surface area (Å²) in [5.41, 5.74) is 0. The van der Waals surface area contributed by atoms with Gasteiger partial charge in [-0.2, -0.15) is 22.0 Å². The number of hydrogen-bond donors (Lipinski definition) is 0. The fourth-order valence-electron chi connectivity index (χ4n) is 4.45. The summed E-state index contributed by atoms with van der Waals surface area (Å²) >= 11 is 0. The molecule has 0 N–H and O–H groups in total. The van der Waals surface area contributed by atoms with Crippen LogP contribution in [0.5, 0.6) is 0 Å². The molecule has 2 saturated carbocycles. The van der Waals surface area contributed by atoms with Crippen LogP contribution >= 0.6 is 0 Å². The Morgan fingerprint density at radius 1 is 0.880 bits per heavy atom. The van der Waals surface area contributed by atoms with E-state index >= 15 is 0 Å². The first-order chi connectivity index (χ1) is 11.6. The number of carbonyl (C=O) groups excluding carboxylic acids is 1. The van der Waals surface area contributed by atoms with Crippen LogP contribution in [0.25, 0.3) is 0 Å². The third kappa shape index (κ3) is 5.30. The SMILES string of the molecule is CCCC1CCC(C2CCC(C(=O)OC(F)(F)C(F)(F)F)CC2)CC1. The van der Waals surface area contributed by atoms with Gasteiger partial charge in [0.15, 0.2) is 0 Å². The van der Waals surface area contributed by atoms with Gasteiger partial charge in [-0.25, -0.2) is 0 Å². The van der Waals surface area contributed by atoms with Crippen LogP contribution in [-0.4, -0.2) is 18.3 Å². The van der Waals surface area contributed by atoms with Crippen molar-refractivity contribution in [1.82, 2.24) is 0 Å². The Balaban J connectivity index is 1.77. The number of alkyl halides is 5. The van der Waals surface area contributed by atoms with Gasteiger partial charge >= 0.3 is 18.3 Å². The first kappa shape index (κ1) is 20.4. The molecule has 0 spiro atoms. The highest BCUT2D eigenvalue weighted by Crippen LogP contribution is 2.43. The lowest BCUT2D eigenvalue weighted by atomic mass is 9.69. The lowest BCUT2D eigenvalue weighted by Crippen LogP contribution is -2.42. The standard InChI is InChI=1S/C18H27F5O2/c1-2-3-12-4-6-13(7-5-12)14-8-10-15(11-9-14)16(24)25-18(22,23)17(19,20)21/h12-15H,2-11H2,1H3. The van der Waals surface area contributed by atoms with Gasteiger partial charge < -0.3 is 4.74 Å². The highest BCUT2D eigenvalue weighted by molar-refractivity contribution is 5.72. The van der Waals surface area contributed by atoms with Gasteiger partial charge in [0, 0.05) is 0 Å². The Morgan fingerprint density at radius 2 is 1.36 bits per heavy atom. The number of esters is 1. The summed E-state index contributed by atoms with van der Waals surface area (Å²) in [6.07, 6.45) is -1.94. The monoisotopic (exact) mass is 370 g/mol. The van der Waals surface area contributed by atoms with Crippen LogP contribution in [0.15, 0.2) is 0 Å². The molecule has 2 aliphatic rings. The number of carbonyl (C=O) groups is 1. The predicted molar refractivity (Wildman–Crippen MR) is 82.9 cm³/mol. The highest BCUT2D eigenvalue weighted by Gasteiger charge is 2.62. The minimum Gasteiger partial charge on any atom is -0.394 e. The molecule has 2 aliphatic carbocycles. The lowest BCUT2D eigenvalue weighted by Gasteiger charge is -2.37. The van der Waals surface area contributed by atoms with Gasteiger partial charge in [0.25, 0.3) is 0 Å². The fraction of sp³-hybridized carbons (Fsp3) is 0.944. The van der Waals surface area contributed by atoms with Gasteiger partial charge in [-0.3, -0.25) is 4.79 Å². The van der Waals surface area contributed by atoms with E-state index < -0.39 is 24.2 Å². The summed E-state index contributed by atoms with van der Waals surface area (Å²) in [5.74, 6) is -0.415. The first-order valence-corrected chi connectivity index (χ1v) is 9.31. The zero-order valence-corrected chi connectivity index (χ0v) is 14.6. The summed E-state index contributed by atoms with van der Waals surface area (Å²) in [5, 5.41) is 0. The van der Waals surface area contributed by atoms with Crippen LogP contribution in [0.4, 0.5) is 22.0 Å². The number of halogens is 5. The lowest BCUT2D eigenvalue weighted by molar-refractivity contribution is -0.377. The Kier molecular flexibility index (Phi) is 6.71. The predicted octanol–water partition coefficient (Wildman–Crippen LogP) is 6.10. The van der Waals surface area contributed by atoms with E-state index in [-0.39, 0.29) is 0 Å². The third-order valence-corrected chi connectivity index (χ3v) is 5.92. The third-order valence-electron chi connectivity index (χ3n) is 5.92. The van der Waals surface area contributed by atoms with Crippen LogP contribution in [0.2, 0.25) is 0 Å². The molecule has 0 aromatic heterocycles. The first-order valence-electron chi connectivity index (χ1n) is 9.31. The van der Waals surface area contributed by atoms with Crippen molar-refractivity contribution in [1.29, 1.82) is 0 Å². The van der Waals surface area contributed by atoms with E-state index in [2.05, 4.69) is 11.7 Å².